The van der Waals surface area contributed by atoms with Crippen LogP contribution in [0.15, 0.2) is 27.6 Å². The van der Waals surface area contributed by atoms with E-state index in [-0.39, 0.29) is 0 Å². The van der Waals surface area contributed by atoms with E-state index in [2.05, 4.69) is 37.5 Å². The van der Waals surface area contributed by atoms with E-state index in [1.165, 1.54) is 0 Å². The Labute approximate surface area is 135 Å². The van der Waals surface area contributed by atoms with Gasteiger partial charge in [0.25, 0.3) is 0 Å². The fourth-order valence-electron chi connectivity index (χ4n) is 2.35. The van der Waals surface area contributed by atoms with E-state index in [4.69, 9.17) is 0 Å². The highest BCUT2D eigenvalue weighted by atomic mass is 79.9. The number of hydrogen-bond acceptors (Lipinski definition) is 4. The fraction of sp³-hybridized carbons (Fsp3) is 0.571. The van der Waals surface area contributed by atoms with Crippen LogP contribution in [0.5, 0.6) is 0 Å². The molecule has 21 heavy (non-hydrogen) atoms. The molecule has 7 heteroatoms. The van der Waals surface area contributed by atoms with Crippen molar-refractivity contribution in [3.63, 3.8) is 0 Å². The lowest BCUT2D eigenvalue weighted by atomic mass is 10.2. The summed E-state index contributed by atoms with van der Waals surface area (Å²) in [6, 6.07) is 5.30. The largest absolute Gasteiger partial charge is 0.304 e. The topological polar surface area (TPSA) is 52.7 Å². The maximum Gasteiger partial charge on any atom is 0.240 e. The first-order valence-electron chi connectivity index (χ1n) is 7.05. The first-order chi connectivity index (χ1) is 9.88. The predicted molar refractivity (Wildman–Crippen MR) is 88.0 cm³/mol. The van der Waals surface area contributed by atoms with Crippen LogP contribution in [0.2, 0.25) is 0 Å². The third-order valence-corrected chi connectivity index (χ3v) is 5.85. The first-order valence-corrected chi connectivity index (χ1v) is 9.33. The number of rotatable bonds is 5. The zero-order valence-corrected chi connectivity index (χ0v) is 14.9. The van der Waals surface area contributed by atoms with Crippen LogP contribution in [-0.2, 0) is 10.0 Å². The number of nitrogens with one attached hydrogen (secondary N) is 1. The van der Waals surface area contributed by atoms with Crippen LogP contribution in [0.1, 0.15) is 5.56 Å². The molecule has 2 rings (SSSR count). The molecule has 1 N–H and O–H groups in total. The number of aryl methyl sites for hydroxylation is 1. The molecule has 1 aliphatic heterocycles. The molecular formula is C14H22BrN3O2S. The van der Waals surface area contributed by atoms with Crippen LogP contribution in [0, 0.1) is 6.92 Å². The van der Waals surface area contributed by atoms with Crippen molar-refractivity contribution in [3.8, 4) is 0 Å². The van der Waals surface area contributed by atoms with Crippen molar-refractivity contribution < 1.29 is 8.42 Å². The Morgan fingerprint density at radius 1 is 1.24 bits per heavy atom. The van der Waals surface area contributed by atoms with Crippen molar-refractivity contribution in [1.29, 1.82) is 0 Å². The van der Waals surface area contributed by atoms with Crippen molar-refractivity contribution >= 4 is 26.0 Å². The van der Waals surface area contributed by atoms with Gasteiger partial charge in [0.15, 0.2) is 0 Å². The lowest BCUT2D eigenvalue weighted by Crippen LogP contribution is -2.46. The molecule has 0 saturated carbocycles. The standard InChI is InChI=1S/C14H22BrN3O2S/c1-12-3-4-13(15)11-14(12)21(19,20)16-5-6-18-9-7-17(2)8-10-18/h3-4,11,16H,5-10H2,1-2H3. The third kappa shape index (κ3) is 4.75. The smallest absolute Gasteiger partial charge is 0.240 e. The summed E-state index contributed by atoms with van der Waals surface area (Å²) in [4.78, 5) is 4.91. The SMILES string of the molecule is Cc1ccc(Br)cc1S(=O)(=O)NCCN1CCN(C)CC1. The minimum atomic E-state index is -3.44. The molecule has 1 aliphatic rings. The Morgan fingerprint density at radius 2 is 1.90 bits per heavy atom. The van der Waals surface area contributed by atoms with Gasteiger partial charge in [0, 0.05) is 43.7 Å². The van der Waals surface area contributed by atoms with Gasteiger partial charge in [0.2, 0.25) is 10.0 Å². The van der Waals surface area contributed by atoms with E-state index >= 15 is 0 Å². The summed E-state index contributed by atoms with van der Waals surface area (Å²) in [6.07, 6.45) is 0. The molecule has 0 aromatic heterocycles. The Kier molecular flexibility index (Phi) is 5.79. The van der Waals surface area contributed by atoms with Crippen LogP contribution in [0.25, 0.3) is 0 Å². The van der Waals surface area contributed by atoms with Gasteiger partial charge in [-0.25, -0.2) is 13.1 Å². The average Bonchev–Trinajstić information content (AvgIpc) is 2.43. The molecule has 1 aromatic rings. The van der Waals surface area contributed by atoms with Gasteiger partial charge in [-0.15, -0.1) is 0 Å². The number of likely N-dealkylation sites (N-methyl/N-ethyl adjacent to an activating group) is 1. The summed E-state index contributed by atoms with van der Waals surface area (Å²) in [5, 5.41) is 0. The van der Waals surface area contributed by atoms with Gasteiger partial charge < -0.3 is 4.90 Å². The third-order valence-electron chi connectivity index (χ3n) is 3.76. The lowest BCUT2D eigenvalue weighted by Gasteiger charge is -2.32. The molecule has 1 heterocycles. The normalized spacial score (nSPS) is 18.0. The number of benzene rings is 1. The Hall–Kier alpha value is -0.470. The minimum absolute atomic E-state index is 0.343. The fourth-order valence-corrected chi connectivity index (χ4v) is 4.15. The van der Waals surface area contributed by atoms with E-state index in [9.17, 15) is 8.42 Å². The molecule has 0 unspecified atom stereocenters. The first kappa shape index (κ1) is 16.9. The highest BCUT2D eigenvalue weighted by molar-refractivity contribution is 9.10. The van der Waals surface area contributed by atoms with Gasteiger partial charge in [0.1, 0.15) is 0 Å². The monoisotopic (exact) mass is 375 g/mol. The molecule has 118 valence electrons. The number of halogens is 1. The summed E-state index contributed by atoms with van der Waals surface area (Å²) in [5.74, 6) is 0. The molecule has 1 saturated heterocycles. The van der Waals surface area contributed by atoms with E-state index in [0.717, 1.165) is 42.8 Å². The minimum Gasteiger partial charge on any atom is -0.304 e. The van der Waals surface area contributed by atoms with Crippen LogP contribution >= 0.6 is 15.9 Å². The second-order valence-electron chi connectivity index (χ2n) is 5.45. The van der Waals surface area contributed by atoms with Gasteiger partial charge in [-0.1, -0.05) is 22.0 Å². The zero-order valence-electron chi connectivity index (χ0n) is 12.5. The van der Waals surface area contributed by atoms with Crippen LogP contribution in [0.4, 0.5) is 0 Å². The zero-order chi connectivity index (χ0) is 15.5. The van der Waals surface area contributed by atoms with Crippen LogP contribution < -0.4 is 4.72 Å². The highest BCUT2D eigenvalue weighted by Crippen LogP contribution is 2.20. The summed E-state index contributed by atoms with van der Waals surface area (Å²) in [7, 11) is -1.33. The van der Waals surface area contributed by atoms with Crippen molar-refractivity contribution in [1.82, 2.24) is 14.5 Å². The molecule has 5 nitrogen and oxygen atoms in total. The van der Waals surface area contributed by atoms with Gasteiger partial charge >= 0.3 is 0 Å². The molecule has 0 spiro atoms. The van der Waals surface area contributed by atoms with Crippen LogP contribution in [0.3, 0.4) is 0 Å². The Bertz CT molecular complexity index is 584. The van der Waals surface area contributed by atoms with Crippen molar-refractivity contribution in [3.05, 3.63) is 28.2 Å². The van der Waals surface area contributed by atoms with Crippen molar-refractivity contribution in [2.45, 2.75) is 11.8 Å². The molecule has 0 bridgehead atoms. The van der Waals surface area contributed by atoms with Gasteiger partial charge in [-0.05, 0) is 31.7 Å². The number of hydrogen-bond donors (Lipinski definition) is 1. The predicted octanol–water partition coefficient (Wildman–Crippen LogP) is 1.28. The molecule has 0 aliphatic carbocycles. The molecule has 0 atom stereocenters. The number of nitrogens with zero attached hydrogens (tertiary/aromatic N) is 2. The van der Waals surface area contributed by atoms with Crippen LogP contribution in [-0.4, -0.2) is 64.5 Å². The lowest BCUT2D eigenvalue weighted by molar-refractivity contribution is 0.156. The molecule has 1 fully saturated rings. The van der Waals surface area contributed by atoms with E-state index in [1.54, 1.807) is 12.1 Å². The second kappa shape index (κ2) is 7.19. The van der Waals surface area contributed by atoms with Gasteiger partial charge in [-0.2, -0.15) is 0 Å². The maximum atomic E-state index is 12.3. The molecular weight excluding hydrogens is 354 g/mol. The Morgan fingerprint density at radius 3 is 2.57 bits per heavy atom. The average molecular weight is 376 g/mol. The number of sulfonamides is 1. The van der Waals surface area contributed by atoms with Gasteiger partial charge in [-0.3, -0.25) is 4.90 Å². The van der Waals surface area contributed by atoms with Gasteiger partial charge in [0.05, 0.1) is 4.90 Å². The van der Waals surface area contributed by atoms with E-state index < -0.39 is 10.0 Å². The molecule has 0 radical (unpaired) electrons. The Balaban J connectivity index is 1.91. The summed E-state index contributed by atoms with van der Waals surface area (Å²) in [6.45, 7) is 7.07. The quantitative estimate of drug-likeness (QED) is 0.842. The highest BCUT2D eigenvalue weighted by Gasteiger charge is 2.18. The van der Waals surface area contributed by atoms with Crippen molar-refractivity contribution in [2.75, 3.05) is 46.3 Å². The van der Waals surface area contributed by atoms with Crippen molar-refractivity contribution in [2.24, 2.45) is 0 Å². The summed E-state index contributed by atoms with van der Waals surface area (Å²) < 4.78 is 28.1. The van der Waals surface area contributed by atoms with E-state index in [0.29, 0.717) is 11.4 Å². The van der Waals surface area contributed by atoms with E-state index in [1.807, 2.05) is 13.0 Å². The second-order valence-corrected chi connectivity index (χ2v) is 8.10. The molecule has 1 aromatic carbocycles. The summed E-state index contributed by atoms with van der Waals surface area (Å²) in [5.41, 5.74) is 0.755. The maximum absolute atomic E-state index is 12.3. The summed E-state index contributed by atoms with van der Waals surface area (Å²) >= 11 is 3.32. The molecule has 0 amide bonds. The number of piperazine rings is 1.